The fraction of sp³-hybridized carbons (Fsp3) is 0. The summed E-state index contributed by atoms with van der Waals surface area (Å²) in [6.07, 6.45) is 0. The van der Waals surface area contributed by atoms with Gasteiger partial charge in [0.2, 0.25) is 0 Å². The smallest absolute Gasteiger partial charge is 0.129 e. The number of fused-ring (bicyclic) bond motifs is 1. The molecule has 0 radical (unpaired) electrons. The quantitative estimate of drug-likeness (QED) is 0.563. The van der Waals surface area contributed by atoms with Gasteiger partial charge in [0, 0.05) is 5.56 Å². The Labute approximate surface area is 146 Å². The minimum Gasteiger partial charge on any atom is -0.544 e. The number of nitrogens with zero attached hydrogens (tertiary/aromatic N) is 2. The third-order valence-electron chi connectivity index (χ3n) is 3.69. The molecule has 4 aromatic rings. The van der Waals surface area contributed by atoms with Crippen molar-refractivity contribution in [2.45, 2.75) is 0 Å². The van der Waals surface area contributed by atoms with Crippen LogP contribution < -0.4 is 5.11 Å². The predicted octanol–water partition coefficient (Wildman–Crippen LogP) is 3.77. The highest BCUT2D eigenvalue weighted by Crippen LogP contribution is 2.41. The summed E-state index contributed by atoms with van der Waals surface area (Å²) in [5, 5.41) is 16.9. The molecule has 0 bridgehead atoms. The number of aromatic nitrogens is 2. The lowest BCUT2D eigenvalue weighted by Gasteiger charge is -2.03. The first kappa shape index (κ1) is 14.9. The summed E-state index contributed by atoms with van der Waals surface area (Å²) in [4.78, 5) is 12.1. The minimum atomic E-state index is -1.28. The van der Waals surface area contributed by atoms with Crippen molar-refractivity contribution in [3.05, 3.63) is 70.6 Å². The lowest BCUT2D eigenvalue weighted by molar-refractivity contribution is -0.254. The number of hydrogen-bond donors (Lipinski definition) is 0. The van der Waals surface area contributed by atoms with Crippen LogP contribution in [0.2, 0.25) is 5.02 Å². The molecule has 0 spiro atoms. The summed E-state index contributed by atoms with van der Waals surface area (Å²) in [5.74, 6) is -1.28. The highest BCUT2D eigenvalue weighted by atomic mass is 35.5. The number of carbonyl (C=O) groups is 1. The number of halogens is 1. The van der Waals surface area contributed by atoms with E-state index in [1.165, 1.54) is 0 Å². The van der Waals surface area contributed by atoms with Gasteiger partial charge in [-0.1, -0.05) is 60.1 Å². The van der Waals surface area contributed by atoms with Gasteiger partial charge in [0.1, 0.15) is 10.5 Å². The van der Waals surface area contributed by atoms with Crippen molar-refractivity contribution in [3.8, 4) is 16.9 Å². The standard InChI is InChI=1S/C18H11ClN2O2S/c19-14-13-15(11-7-3-1-4-8-11)20-21(12-9-5-2-6-10-12)17(13)24-16(14)18(22)23/h1-10H,(H,22,23)/p-1. The maximum absolute atomic E-state index is 11.4. The molecule has 0 fully saturated rings. The topological polar surface area (TPSA) is 57.9 Å². The molecule has 0 aliphatic carbocycles. The lowest BCUT2D eigenvalue weighted by Crippen LogP contribution is -2.21. The van der Waals surface area contributed by atoms with Gasteiger partial charge in [-0.3, -0.25) is 0 Å². The summed E-state index contributed by atoms with van der Waals surface area (Å²) < 4.78 is 1.72. The second-order valence-corrected chi connectivity index (χ2v) is 6.55. The average Bonchev–Trinajstić information content (AvgIpc) is 3.15. The zero-order chi connectivity index (χ0) is 16.7. The van der Waals surface area contributed by atoms with E-state index in [9.17, 15) is 9.90 Å². The number of hydrogen-bond acceptors (Lipinski definition) is 4. The van der Waals surface area contributed by atoms with Gasteiger partial charge in [-0.15, -0.1) is 11.3 Å². The summed E-state index contributed by atoms with van der Waals surface area (Å²) in [7, 11) is 0. The number of rotatable bonds is 3. The van der Waals surface area contributed by atoms with E-state index < -0.39 is 5.97 Å². The minimum absolute atomic E-state index is 0.0194. The van der Waals surface area contributed by atoms with Crippen LogP contribution in [-0.2, 0) is 0 Å². The van der Waals surface area contributed by atoms with E-state index in [1.807, 2.05) is 60.7 Å². The molecular weight excluding hydrogens is 344 g/mol. The van der Waals surface area contributed by atoms with Gasteiger partial charge in [0.25, 0.3) is 0 Å². The monoisotopic (exact) mass is 353 g/mol. The first-order valence-electron chi connectivity index (χ1n) is 7.20. The van der Waals surface area contributed by atoms with Crippen LogP contribution in [0.4, 0.5) is 0 Å². The number of para-hydroxylation sites is 1. The van der Waals surface area contributed by atoms with Crippen molar-refractivity contribution < 1.29 is 9.90 Å². The fourth-order valence-corrected chi connectivity index (χ4v) is 4.05. The van der Waals surface area contributed by atoms with Crippen molar-refractivity contribution in [2.75, 3.05) is 0 Å². The van der Waals surface area contributed by atoms with Crippen LogP contribution in [0.25, 0.3) is 27.2 Å². The van der Waals surface area contributed by atoms with E-state index in [-0.39, 0.29) is 9.90 Å². The Hall–Kier alpha value is -2.63. The molecular formula is C18H10ClN2O2S-. The molecule has 0 aliphatic rings. The maximum Gasteiger partial charge on any atom is 0.129 e. The van der Waals surface area contributed by atoms with Crippen LogP contribution in [0.1, 0.15) is 9.67 Å². The Morgan fingerprint density at radius 3 is 2.29 bits per heavy atom. The van der Waals surface area contributed by atoms with E-state index in [1.54, 1.807) is 4.68 Å². The first-order valence-corrected chi connectivity index (χ1v) is 8.39. The first-order chi connectivity index (χ1) is 11.7. The lowest BCUT2D eigenvalue weighted by atomic mass is 10.1. The molecule has 0 amide bonds. The molecule has 2 aromatic carbocycles. The molecule has 0 atom stereocenters. The van der Waals surface area contributed by atoms with Crippen molar-refractivity contribution in [1.29, 1.82) is 0 Å². The summed E-state index contributed by atoms with van der Waals surface area (Å²) in [6.45, 7) is 0. The van der Waals surface area contributed by atoms with Crippen LogP contribution in [0.3, 0.4) is 0 Å². The van der Waals surface area contributed by atoms with Crippen molar-refractivity contribution in [1.82, 2.24) is 9.78 Å². The zero-order valence-electron chi connectivity index (χ0n) is 12.3. The molecule has 118 valence electrons. The summed E-state index contributed by atoms with van der Waals surface area (Å²) in [5.41, 5.74) is 2.37. The molecule has 2 aromatic heterocycles. The van der Waals surface area contributed by atoms with Gasteiger partial charge in [0.05, 0.1) is 26.9 Å². The van der Waals surface area contributed by atoms with Crippen LogP contribution in [0, 0.1) is 0 Å². The zero-order valence-corrected chi connectivity index (χ0v) is 13.8. The molecule has 0 saturated heterocycles. The fourth-order valence-electron chi connectivity index (χ4n) is 2.62. The number of carboxylic acid groups (broad SMARTS) is 1. The SMILES string of the molecule is O=C([O-])c1sc2c(c(-c3ccccc3)nn2-c2ccccc2)c1Cl. The second kappa shape index (κ2) is 5.78. The Bertz CT molecular complexity index is 1040. The van der Waals surface area contributed by atoms with Gasteiger partial charge < -0.3 is 9.90 Å². The van der Waals surface area contributed by atoms with Gasteiger partial charge in [-0.2, -0.15) is 5.10 Å². The van der Waals surface area contributed by atoms with E-state index >= 15 is 0 Å². The third kappa shape index (κ3) is 2.29. The number of benzene rings is 2. The molecule has 24 heavy (non-hydrogen) atoms. The van der Waals surface area contributed by atoms with Crippen molar-refractivity contribution >= 4 is 39.1 Å². The molecule has 6 heteroatoms. The summed E-state index contributed by atoms with van der Waals surface area (Å²) >= 11 is 7.42. The average molecular weight is 354 g/mol. The molecule has 0 N–H and O–H groups in total. The third-order valence-corrected chi connectivity index (χ3v) is 5.33. The van der Waals surface area contributed by atoms with Gasteiger partial charge in [0.15, 0.2) is 0 Å². The number of carboxylic acids is 1. The number of carbonyl (C=O) groups excluding carboxylic acids is 1. The molecule has 0 aliphatic heterocycles. The number of thiophene rings is 1. The van der Waals surface area contributed by atoms with Crippen molar-refractivity contribution in [3.63, 3.8) is 0 Å². The molecule has 4 nitrogen and oxygen atoms in total. The Balaban J connectivity index is 2.08. The molecule has 0 saturated carbocycles. The van der Waals surface area contributed by atoms with E-state index in [0.29, 0.717) is 15.9 Å². The Morgan fingerprint density at radius 1 is 1.04 bits per heavy atom. The Morgan fingerprint density at radius 2 is 1.67 bits per heavy atom. The Kier molecular flexibility index (Phi) is 3.59. The van der Waals surface area contributed by atoms with Crippen LogP contribution in [0.15, 0.2) is 60.7 Å². The van der Waals surface area contributed by atoms with Crippen LogP contribution in [0.5, 0.6) is 0 Å². The van der Waals surface area contributed by atoms with Gasteiger partial charge in [-0.05, 0) is 12.1 Å². The largest absolute Gasteiger partial charge is 0.544 e. The highest BCUT2D eigenvalue weighted by molar-refractivity contribution is 7.21. The van der Waals surface area contributed by atoms with E-state index in [4.69, 9.17) is 11.6 Å². The highest BCUT2D eigenvalue weighted by Gasteiger charge is 2.22. The normalized spacial score (nSPS) is 11.0. The van der Waals surface area contributed by atoms with Gasteiger partial charge >= 0.3 is 0 Å². The predicted molar refractivity (Wildman–Crippen MR) is 93.7 cm³/mol. The molecule has 0 unspecified atom stereocenters. The summed E-state index contributed by atoms with van der Waals surface area (Å²) in [6, 6.07) is 19.1. The van der Waals surface area contributed by atoms with Gasteiger partial charge in [-0.25, -0.2) is 4.68 Å². The van der Waals surface area contributed by atoms with Crippen molar-refractivity contribution in [2.24, 2.45) is 0 Å². The van der Waals surface area contributed by atoms with Crippen LogP contribution >= 0.6 is 22.9 Å². The molecule has 2 heterocycles. The van der Waals surface area contributed by atoms with E-state index in [0.717, 1.165) is 22.6 Å². The second-order valence-electron chi connectivity index (χ2n) is 5.17. The van der Waals surface area contributed by atoms with Crippen LogP contribution in [-0.4, -0.2) is 15.7 Å². The molecule has 4 rings (SSSR count). The number of aromatic carboxylic acids is 1. The maximum atomic E-state index is 11.4. The van der Waals surface area contributed by atoms with E-state index in [2.05, 4.69) is 5.10 Å².